The molecule has 1 aromatic rings. The first kappa shape index (κ1) is 22.5. The van der Waals surface area contributed by atoms with Crippen LogP contribution in [-0.4, -0.2) is 53.3 Å². The molecule has 0 spiro atoms. The number of benzene rings is 1. The average molecular weight is 421 g/mol. The molecule has 0 atom stereocenters. The van der Waals surface area contributed by atoms with E-state index in [1.165, 1.54) is 0 Å². The van der Waals surface area contributed by atoms with Gasteiger partial charge in [-0.15, -0.1) is 0 Å². The summed E-state index contributed by atoms with van der Waals surface area (Å²) in [4.78, 5) is 48.8. The van der Waals surface area contributed by atoms with Gasteiger partial charge in [-0.05, 0) is 63.2 Å². The maximum atomic E-state index is 12.5. The summed E-state index contributed by atoms with van der Waals surface area (Å²) < 4.78 is 15.2. The van der Waals surface area contributed by atoms with E-state index in [-0.39, 0.29) is 18.1 Å². The van der Waals surface area contributed by atoms with Crippen LogP contribution in [0.25, 0.3) is 6.08 Å². The molecule has 0 saturated carbocycles. The standard InChI is InChI=1S/C20H23NO7S/c1-5-26-17(23)12-27-14-8-6-13(7-9-14)10-15-18(24)21(19(25)29-15)11-16(22)28-20(2,3)4/h6-10H,5,11-12H2,1-4H3/b15-10+. The van der Waals surface area contributed by atoms with Gasteiger partial charge in [0.25, 0.3) is 11.1 Å². The highest BCUT2D eigenvalue weighted by Crippen LogP contribution is 2.32. The summed E-state index contributed by atoms with van der Waals surface area (Å²) >= 11 is 0.759. The van der Waals surface area contributed by atoms with Crippen molar-refractivity contribution in [1.82, 2.24) is 4.90 Å². The van der Waals surface area contributed by atoms with Gasteiger partial charge in [-0.1, -0.05) is 12.1 Å². The molecule has 0 unspecified atom stereocenters. The van der Waals surface area contributed by atoms with Crippen LogP contribution in [0.3, 0.4) is 0 Å². The lowest BCUT2D eigenvalue weighted by atomic mass is 10.2. The summed E-state index contributed by atoms with van der Waals surface area (Å²) in [6.45, 7) is 6.48. The molecule has 0 bridgehead atoms. The Balaban J connectivity index is 2.00. The molecule has 2 amide bonds. The molecule has 2 rings (SSSR count). The van der Waals surface area contributed by atoms with Crippen LogP contribution in [0, 0.1) is 0 Å². The van der Waals surface area contributed by atoms with E-state index in [1.54, 1.807) is 58.0 Å². The van der Waals surface area contributed by atoms with Crippen molar-refractivity contribution >= 4 is 40.9 Å². The van der Waals surface area contributed by atoms with Crippen molar-refractivity contribution in [2.75, 3.05) is 19.8 Å². The lowest BCUT2D eigenvalue weighted by molar-refractivity contribution is -0.156. The molecule has 1 saturated heterocycles. The van der Waals surface area contributed by atoms with Crippen LogP contribution in [0.1, 0.15) is 33.3 Å². The van der Waals surface area contributed by atoms with Crippen molar-refractivity contribution in [3.63, 3.8) is 0 Å². The molecule has 0 N–H and O–H groups in total. The van der Waals surface area contributed by atoms with Gasteiger partial charge in [0, 0.05) is 0 Å². The summed E-state index contributed by atoms with van der Waals surface area (Å²) in [6.07, 6.45) is 1.55. The molecule has 1 aliphatic heterocycles. The zero-order valence-electron chi connectivity index (χ0n) is 16.7. The average Bonchev–Trinajstić information content (AvgIpc) is 2.87. The quantitative estimate of drug-likeness (QED) is 0.489. The molecular weight excluding hydrogens is 398 g/mol. The zero-order chi connectivity index (χ0) is 21.6. The van der Waals surface area contributed by atoms with Gasteiger partial charge >= 0.3 is 11.9 Å². The molecule has 29 heavy (non-hydrogen) atoms. The second-order valence-electron chi connectivity index (χ2n) is 7.02. The minimum absolute atomic E-state index is 0.198. The number of nitrogens with zero attached hydrogens (tertiary/aromatic N) is 1. The third kappa shape index (κ3) is 6.94. The largest absolute Gasteiger partial charge is 0.482 e. The molecule has 0 aromatic heterocycles. The Kier molecular flexibility index (Phi) is 7.44. The number of esters is 2. The lowest BCUT2D eigenvalue weighted by Gasteiger charge is -2.21. The fourth-order valence-electron chi connectivity index (χ4n) is 2.30. The molecule has 156 valence electrons. The Bertz CT molecular complexity index is 824. The highest BCUT2D eigenvalue weighted by molar-refractivity contribution is 8.18. The van der Waals surface area contributed by atoms with Crippen molar-refractivity contribution in [2.45, 2.75) is 33.3 Å². The summed E-state index contributed by atoms with van der Waals surface area (Å²) in [5.41, 5.74) is -0.0394. The number of rotatable bonds is 7. The van der Waals surface area contributed by atoms with Gasteiger partial charge in [0.2, 0.25) is 0 Å². The van der Waals surface area contributed by atoms with Crippen LogP contribution in [-0.2, 0) is 23.9 Å². The fourth-order valence-corrected chi connectivity index (χ4v) is 3.13. The number of carbonyl (C=O) groups excluding carboxylic acids is 4. The zero-order valence-corrected chi connectivity index (χ0v) is 17.5. The van der Waals surface area contributed by atoms with Crippen molar-refractivity contribution in [3.8, 4) is 5.75 Å². The Morgan fingerprint density at radius 3 is 2.34 bits per heavy atom. The maximum absolute atomic E-state index is 12.5. The van der Waals surface area contributed by atoms with Gasteiger partial charge in [0.15, 0.2) is 6.61 Å². The number of carbonyl (C=O) groups is 4. The van der Waals surface area contributed by atoms with E-state index in [1.807, 2.05) is 0 Å². The van der Waals surface area contributed by atoms with Crippen molar-refractivity contribution in [2.24, 2.45) is 0 Å². The van der Waals surface area contributed by atoms with Crippen molar-refractivity contribution in [1.29, 1.82) is 0 Å². The predicted molar refractivity (Wildman–Crippen MR) is 107 cm³/mol. The Morgan fingerprint density at radius 1 is 1.10 bits per heavy atom. The topological polar surface area (TPSA) is 99.2 Å². The smallest absolute Gasteiger partial charge is 0.344 e. The molecular formula is C20H23NO7S. The van der Waals surface area contributed by atoms with Crippen LogP contribution >= 0.6 is 11.8 Å². The van der Waals surface area contributed by atoms with Gasteiger partial charge in [0.1, 0.15) is 17.9 Å². The molecule has 1 aliphatic rings. The molecule has 1 fully saturated rings. The summed E-state index contributed by atoms with van der Waals surface area (Å²) in [6, 6.07) is 6.64. The predicted octanol–water partition coefficient (Wildman–Crippen LogP) is 3.01. The van der Waals surface area contributed by atoms with Crippen molar-refractivity contribution < 1.29 is 33.4 Å². The number of ether oxygens (including phenoxy) is 3. The molecule has 8 nitrogen and oxygen atoms in total. The van der Waals surface area contributed by atoms with Crippen LogP contribution in [0.5, 0.6) is 5.75 Å². The second kappa shape index (κ2) is 9.60. The minimum Gasteiger partial charge on any atom is -0.482 e. The van der Waals surface area contributed by atoms with Crippen LogP contribution in [0.15, 0.2) is 29.2 Å². The van der Waals surface area contributed by atoms with Gasteiger partial charge < -0.3 is 14.2 Å². The number of thioether (sulfide) groups is 1. The first-order valence-corrected chi connectivity index (χ1v) is 9.76. The molecule has 0 radical (unpaired) electrons. The van der Waals surface area contributed by atoms with Crippen molar-refractivity contribution in [3.05, 3.63) is 34.7 Å². The van der Waals surface area contributed by atoms with E-state index in [0.29, 0.717) is 11.3 Å². The summed E-state index contributed by atoms with van der Waals surface area (Å²) in [5.74, 6) is -1.19. The monoisotopic (exact) mass is 421 g/mol. The molecule has 0 aliphatic carbocycles. The fraction of sp³-hybridized carbons (Fsp3) is 0.400. The van der Waals surface area contributed by atoms with Crippen LogP contribution in [0.2, 0.25) is 0 Å². The van der Waals surface area contributed by atoms with Gasteiger partial charge in [-0.25, -0.2) is 4.79 Å². The third-order valence-corrected chi connectivity index (χ3v) is 4.33. The molecule has 9 heteroatoms. The maximum Gasteiger partial charge on any atom is 0.344 e. The minimum atomic E-state index is -0.703. The second-order valence-corrected chi connectivity index (χ2v) is 8.01. The SMILES string of the molecule is CCOC(=O)COc1ccc(/C=C2/SC(=O)N(CC(=O)OC(C)(C)C)C2=O)cc1. The Labute approximate surface area is 173 Å². The number of amides is 2. The highest BCUT2D eigenvalue weighted by Gasteiger charge is 2.37. The van der Waals surface area contributed by atoms with Crippen LogP contribution in [0.4, 0.5) is 4.79 Å². The van der Waals surface area contributed by atoms with E-state index in [9.17, 15) is 19.2 Å². The number of hydrogen-bond donors (Lipinski definition) is 0. The first-order valence-electron chi connectivity index (χ1n) is 8.94. The first-order chi connectivity index (χ1) is 13.6. The van der Waals surface area contributed by atoms with E-state index < -0.39 is 35.2 Å². The van der Waals surface area contributed by atoms with Gasteiger partial charge in [-0.3, -0.25) is 19.3 Å². The van der Waals surface area contributed by atoms with E-state index in [4.69, 9.17) is 14.2 Å². The highest BCUT2D eigenvalue weighted by atomic mass is 32.2. The molecule has 1 aromatic carbocycles. The normalized spacial score (nSPS) is 15.6. The van der Waals surface area contributed by atoms with Gasteiger partial charge in [-0.2, -0.15) is 0 Å². The molecule has 1 heterocycles. The Morgan fingerprint density at radius 2 is 1.76 bits per heavy atom. The lowest BCUT2D eigenvalue weighted by Crippen LogP contribution is -2.37. The third-order valence-electron chi connectivity index (χ3n) is 3.42. The van der Waals surface area contributed by atoms with E-state index >= 15 is 0 Å². The Hall–Kier alpha value is -2.81. The van der Waals surface area contributed by atoms with Gasteiger partial charge in [0.05, 0.1) is 11.5 Å². The summed E-state index contributed by atoms with van der Waals surface area (Å²) in [5, 5.41) is -0.526. The van der Waals surface area contributed by atoms with Crippen LogP contribution < -0.4 is 4.74 Å². The van der Waals surface area contributed by atoms with E-state index in [0.717, 1.165) is 16.7 Å². The number of hydrogen-bond acceptors (Lipinski definition) is 8. The van der Waals surface area contributed by atoms with E-state index in [2.05, 4.69) is 0 Å². The number of imide groups is 1. The summed E-state index contributed by atoms with van der Waals surface area (Å²) in [7, 11) is 0.